The Kier molecular flexibility index (Phi) is 5.02. The predicted octanol–water partition coefficient (Wildman–Crippen LogP) is 2.40. The van der Waals surface area contributed by atoms with Crippen LogP contribution in [0.15, 0.2) is 18.3 Å². The van der Waals surface area contributed by atoms with Crippen molar-refractivity contribution in [3.05, 3.63) is 23.9 Å². The highest BCUT2D eigenvalue weighted by molar-refractivity contribution is 5.95. The maximum atomic E-state index is 12.8. The third-order valence-electron chi connectivity index (χ3n) is 5.15. The standard InChI is InChI=1S/C18H25N3O3/c1-13-5-2-3-10-21(13)16-11-14(7-8-19-16)17(22)20-9-4-6-15(12-20)18(23)24/h7-8,11,13,15H,2-6,9-10,12H2,1H3,(H,23,24). The third kappa shape index (κ3) is 3.52. The van der Waals surface area contributed by atoms with Crippen LogP contribution in [-0.2, 0) is 4.79 Å². The maximum Gasteiger partial charge on any atom is 0.308 e. The van der Waals surface area contributed by atoms with Gasteiger partial charge in [0.2, 0.25) is 0 Å². The van der Waals surface area contributed by atoms with Crippen LogP contribution in [-0.4, -0.2) is 52.5 Å². The van der Waals surface area contributed by atoms with Crippen molar-refractivity contribution in [1.29, 1.82) is 0 Å². The van der Waals surface area contributed by atoms with Crippen molar-refractivity contribution in [1.82, 2.24) is 9.88 Å². The molecule has 6 nitrogen and oxygen atoms in total. The Morgan fingerprint density at radius 1 is 1.21 bits per heavy atom. The summed E-state index contributed by atoms with van der Waals surface area (Å²) in [5.41, 5.74) is 0.601. The van der Waals surface area contributed by atoms with Gasteiger partial charge in [-0.05, 0) is 51.2 Å². The average Bonchev–Trinajstić information content (AvgIpc) is 2.61. The summed E-state index contributed by atoms with van der Waals surface area (Å²) in [5.74, 6) is -0.509. The van der Waals surface area contributed by atoms with E-state index in [4.69, 9.17) is 0 Å². The van der Waals surface area contributed by atoms with E-state index in [1.807, 2.05) is 6.07 Å². The van der Waals surface area contributed by atoms with Crippen molar-refractivity contribution in [2.24, 2.45) is 5.92 Å². The molecule has 0 spiro atoms. The first-order valence-corrected chi connectivity index (χ1v) is 8.81. The molecule has 24 heavy (non-hydrogen) atoms. The van der Waals surface area contributed by atoms with Crippen molar-refractivity contribution in [2.75, 3.05) is 24.5 Å². The molecule has 2 saturated heterocycles. The number of nitrogens with zero attached hydrogens (tertiary/aromatic N) is 3. The van der Waals surface area contributed by atoms with Crippen molar-refractivity contribution < 1.29 is 14.7 Å². The molecule has 0 saturated carbocycles. The Hall–Kier alpha value is -2.11. The summed E-state index contributed by atoms with van der Waals surface area (Å²) in [4.78, 5) is 32.3. The van der Waals surface area contributed by atoms with Gasteiger partial charge in [-0.15, -0.1) is 0 Å². The average molecular weight is 331 g/mol. The van der Waals surface area contributed by atoms with Crippen LogP contribution in [0.25, 0.3) is 0 Å². The fourth-order valence-electron chi connectivity index (χ4n) is 3.69. The van der Waals surface area contributed by atoms with Crippen molar-refractivity contribution in [2.45, 2.75) is 45.1 Å². The maximum absolute atomic E-state index is 12.8. The first kappa shape index (κ1) is 16.7. The molecule has 0 bridgehead atoms. The van der Waals surface area contributed by atoms with Crippen LogP contribution in [0.1, 0.15) is 49.4 Å². The predicted molar refractivity (Wildman–Crippen MR) is 91.2 cm³/mol. The van der Waals surface area contributed by atoms with Gasteiger partial charge in [-0.1, -0.05) is 0 Å². The lowest BCUT2D eigenvalue weighted by Crippen LogP contribution is -2.42. The van der Waals surface area contributed by atoms with Crippen LogP contribution < -0.4 is 4.90 Å². The number of carbonyl (C=O) groups excluding carboxylic acids is 1. The lowest BCUT2D eigenvalue weighted by molar-refractivity contribution is -0.143. The van der Waals surface area contributed by atoms with Crippen molar-refractivity contribution >= 4 is 17.7 Å². The Morgan fingerprint density at radius 3 is 2.79 bits per heavy atom. The zero-order valence-electron chi connectivity index (χ0n) is 14.1. The minimum atomic E-state index is -0.815. The van der Waals surface area contributed by atoms with E-state index in [2.05, 4.69) is 16.8 Å². The van der Waals surface area contributed by atoms with Crippen LogP contribution in [0.3, 0.4) is 0 Å². The van der Waals surface area contributed by atoms with E-state index in [1.165, 1.54) is 6.42 Å². The fourth-order valence-corrected chi connectivity index (χ4v) is 3.69. The van der Waals surface area contributed by atoms with Gasteiger partial charge in [0, 0.05) is 37.4 Å². The summed E-state index contributed by atoms with van der Waals surface area (Å²) >= 11 is 0. The number of aliphatic carboxylic acids is 1. The Labute approximate surface area is 142 Å². The highest BCUT2D eigenvalue weighted by Crippen LogP contribution is 2.25. The molecule has 2 atom stereocenters. The minimum absolute atomic E-state index is 0.0886. The van der Waals surface area contributed by atoms with Crippen LogP contribution in [0, 0.1) is 5.92 Å². The van der Waals surface area contributed by atoms with Crippen molar-refractivity contribution in [3.63, 3.8) is 0 Å². The summed E-state index contributed by atoms with van der Waals surface area (Å²) < 4.78 is 0. The molecule has 2 unspecified atom stereocenters. The highest BCUT2D eigenvalue weighted by atomic mass is 16.4. The van der Waals surface area contributed by atoms with E-state index in [1.54, 1.807) is 17.2 Å². The van der Waals surface area contributed by atoms with E-state index in [9.17, 15) is 14.7 Å². The van der Waals surface area contributed by atoms with E-state index in [0.717, 1.165) is 31.6 Å². The molecule has 3 rings (SSSR count). The highest BCUT2D eigenvalue weighted by Gasteiger charge is 2.29. The van der Waals surface area contributed by atoms with Gasteiger partial charge in [0.05, 0.1) is 5.92 Å². The topological polar surface area (TPSA) is 73.7 Å². The fraction of sp³-hybridized carbons (Fsp3) is 0.611. The van der Waals surface area contributed by atoms with Crippen LogP contribution >= 0.6 is 0 Å². The van der Waals surface area contributed by atoms with E-state index >= 15 is 0 Å². The number of rotatable bonds is 3. The van der Waals surface area contributed by atoms with Crippen LogP contribution in [0.4, 0.5) is 5.82 Å². The van der Waals surface area contributed by atoms with Gasteiger partial charge < -0.3 is 14.9 Å². The second kappa shape index (κ2) is 7.20. The van der Waals surface area contributed by atoms with E-state index < -0.39 is 11.9 Å². The molecular weight excluding hydrogens is 306 g/mol. The van der Waals surface area contributed by atoms with Gasteiger partial charge in [0.25, 0.3) is 5.91 Å². The molecule has 3 heterocycles. The minimum Gasteiger partial charge on any atom is -0.481 e. The van der Waals surface area contributed by atoms with E-state index in [-0.39, 0.29) is 5.91 Å². The summed E-state index contributed by atoms with van der Waals surface area (Å²) in [6, 6.07) is 4.02. The Morgan fingerprint density at radius 2 is 2.04 bits per heavy atom. The number of aromatic nitrogens is 1. The van der Waals surface area contributed by atoms with Gasteiger partial charge in [-0.2, -0.15) is 0 Å². The molecule has 2 aliphatic rings. The van der Waals surface area contributed by atoms with Crippen LogP contribution in [0.5, 0.6) is 0 Å². The number of hydrogen-bond acceptors (Lipinski definition) is 4. The monoisotopic (exact) mass is 331 g/mol. The number of carboxylic acid groups (broad SMARTS) is 1. The molecule has 0 radical (unpaired) electrons. The number of piperidine rings is 2. The lowest BCUT2D eigenvalue weighted by Gasteiger charge is -2.35. The SMILES string of the molecule is CC1CCCCN1c1cc(C(=O)N2CCCC(C(=O)O)C2)ccn1. The number of likely N-dealkylation sites (tertiary alicyclic amines) is 1. The molecule has 0 aliphatic carbocycles. The van der Waals surface area contributed by atoms with Crippen LogP contribution in [0.2, 0.25) is 0 Å². The molecule has 1 N–H and O–H groups in total. The normalized spacial score (nSPS) is 24.7. The van der Waals surface area contributed by atoms with E-state index in [0.29, 0.717) is 31.1 Å². The number of hydrogen-bond donors (Lipinski definition) is 1. The molecule has 1 amide bonds. The molecule has 2 aliphatic heterocycles. The van der Waals surface area contributed by atoms with Crippen molar-refractivity contribution in [3.8, 4) is 0 Å². The Balaban J connectivity index is 1.75. The smallest absolute Gasteiger partial charge is 0.308 e. The number of carboxylic acids is 1. The van der Waals surface area contributed by atoms with Gasteiger partial charge >= 0.3 is 5.97 Å². The molecule has 0 aromatic carbocycles. The molecule has 6 heteroatoms. The summed E-state index contributed by atoms with van der Waals surface area (Å²) in [6.45, 7) is 4.08. The van der Waals surface area contributed by atoms with Gasteiger partial charge in [-0.3, -0.25) is 9.59 Å². The zero-order chi connectivity index (χ0) is 17.1. The largest absolute Gasteiger partial charge is 0.481 e. The first-order valence-electron chi connectivity index (χ1n) is 8.81. The third-order valence-corrected chi connectivity index (χ3v) is 5.15. The molecule has 130 valence electrons. The first-order chi connectivity index (χ1) is 11.6. The van der Waals surface area contributed by atoms with Gasteiger partial charge in [0.1, 0.15) is 5.82 Å². The summed E-state index contributed by atoms with van der Waals surface area (Å²) in [7, 11) is 0. The summed E-state index contributed by atoms with van der Waals surface area (Å²) in [6.07, 6.45) is 6.60. The van der Waals surface area contributed by atoms with Gasteiger partial charge in [0.15, 0.2) is 0 Å². The summed E-state index contributed by atoms with van der Waals surface area (Å²) in [5, 5.41) is 9.20. The number of carbonyl (C=O) groups is 2. The molecular formula is C18H25N3O3. The molecule has 2 fully saturated rings. The Bertz CT molecular complexity index is 619. The second-order valence-electron chi connectivity index (χ2n) is 6.87. The quantitative estimate of drug-likeness (QED) is 0.920. The zero-order valence-corrected chi connectivity index (χ0v) is 14.1. The number of amides is 1. The lowest BCUT2D eigenvalue weighted by atomic mass is 9.97. The molecule has 1 aromatic rings. The number of pyridine rings is 1. The molecule has 1 aromatic heterocycles. The number of anilines is 1. The van der Waals surface area contributed by atoms with Gasteiger partial charge in [-0.25, -0.2) is 4.98 Å². The second-order valence-corrected chi connectivity index (χ2v) is 6.87.